The highest BCUT2D eigenvalue weighted by atomic mass is 32.2. The molecule has 0 aromatic heterocycles. The summed E-state index contributed by atoms with van der Waals surface area (Å²) in [5, 5.41) is 2.88. The Kier molecular flexibility index (Phi) is 8.04. The number of para-hydroxylation sites is 3. The molecule has 0 radical (unpaired) electrons. The van der Waals surface area contributed by atoms with Crippen LogP contribution in [-0.4, -0.2) is 31.1 Å². The van der Waals surface area contributed by atoms with Crippen LogP contribution < -0.4 is 14.8 Å². The van der Waals surface area contributed by atoms with Gasteiger partial charge in [0.05, 0.1) is 25.2 Å². The Morgan fingerprint density at radius 1 is 1.04 bits per heavy atom. The number of hydrogen-bond acceptors (Lipinski definition) is 4. The first-order valence-corrected chi connectivity index (χ1v) is 9.13. The zero-order valence-electron chi connectivity index (χ0n) is 13.9. The Morgan fingerprint density at radius 2 is 1.79 bits per heavy atom. The lowest BCUT2D eigenvalue weighted by molar-refractivity contribution is -0.113. The monoisotopic (exact) mass is 345 g/mol. The smallest absolute Gasteiger partial charge is 0.234 e. The van der Waals surface area contributed by atoms with Crippen LogP contribution in [0.2, 0.25) is 0 Å². The van der Waals surface area contributed by atoms with Gasteiger partial charge in [-0.05, 0) is 42.9 Å². The van der Waals surface area contributed by atoms with Crippen molar-refractivity contribution in [2.45, 2.75) is 12.8 Å². The van der Waals surface area contributed by atoms with Gasteiger partial charge in [-0.25, -0.2) is 0 Å². The maximum atomic E-state index is 11.9. The molecule has 0 heterocycles. The molecule has 0 aliphatic rings. The molecule has 24 heavy (non-hydrogen) atoms. The van der Waals surface area contributed by atoms with E-state index in [4.69, 9.17) is 9.47 Å². The molecule has 0 spiro atoms. The van der Waals surface area contributed by atoms with Gasteiger partial charge in [0, 0.05) is 0 Å². The number of nitrogens with one attached hydrogen (secondary N) is 1. The Labute approximate surface area is 147 Å². The molecule has 0 unspecified atom stereocenters. The molecule has 0 aliphatic carbocycles. The molecule has 2 aromatic rings. The fourth-order valence-corrected chi connectivity index (χ4v) is 2.92. The summed E-state index contributed by atoms with van der Waals surface area (Å²) in [4.78, 5) is 11.9. The van der Waals surface area contributed by atoms with Crippen LogP contribution in [0.4, 0.5) is 5.69 Å². The number of unbranched alkanes of at least 4 members (excludes halogenated alkanes) is 1. The minimum atomic E-state index is -0.00923. The van der Waals surface area contributed by atoms with Crippen LogP contribution in [0.25, 0.3) is 0 Å². The number of rotatable bonds is 10. The predicted molar refractivity (Wildman–Crippen MR) is 100 cm³/mol. The number of hydrogen-bond donors (Lipinski definition) is 1. The van der Waals surface area contributed by atoms with E-state index in [0.717, 1.165) is 24.3 Å². The number of amides is 1. The number of methoxy groups -OCH3 is 1. The second-order valence-electron chi connectivity index (χ2n) is 5.17. The number of ether oxygens (including phenoxy) is 2. The molecule has 0 saturated heterocycles. The number of anilines is 1. The summed E-state index contributed by atoms with van der Waals surface area (Å²) in [6, 6.07) is 17.2. The van der Waals surface area contributed by atoms with Gasteiger partial charge >= 0.3 is 0 Å². The van der Waals surface area contributed by atoms with E-state index in [1.807, 2.05) is 54.6 Å². The van der Waals surface area contributed by atoms with Crippen molar-refractivity contribution in [3.8, 4) is 11.5 Å². The maximum Gasteiger partial charge on any atom is 0.234 e. The number of carbonyl (C=O) groups excluding carboxylic acids is 1. The highest BCUT2D eigenvalue weighted by molar-refractivity contribution is 7.99. The van der Waals surface area contributed by atoms with Crippen LogP contribution in [-0.2, 0) is 4.79 Å². The molecule has 0 bridgehead atoms. The van der Waals surface area contributed by atoms with E-state index in [-0.39, 0.29) is 5.91 Å². The van der Waals surface area contributed by atoms with Crippen LogP contribution in [0, 0.1) is 0 Å². The maximum absolute atomic E-state index is 11.9. The summed E-state index contributed by atoms with van der Waals surface area (Å²) in [6.07, 6.45) is 2.01. The van der Waals surface area contributed by atoms with Crippen molar-refractivity contribution in [3.05, 3.63) is 54.6 Å². The van der Waals surface area contributed by atoms with E-state index < -0.39 is 0 Å². The van der Waals surface area contributed by atoms with Crippen molar-refractivity contribution in [1.82, 2.24) is 0 Å². The summed E-state index contributed by atoms with van der Waals surface area (Å²) in [5.74, 6) is 2.95. The van der Waals surface area contributed by atoms with E-state index in [0.29, 0.717) is 23.8 Å². The van der Waals surface area contributed by atoms with Gasteiger partial charge in [-0.3, -0.25) is 4.79 Å². The van der Waals surface area contributed by atoms with Gasteiger partial charge in [-0.1, -0.05) is 30.3 Å². The van der Waals surface area contributed by atoms with E-state index in [2.05, 4.69) is 5.32 Å². The average molecular weight is 345 g/mol. The zero-order valence-corrected chi connectivity index (χ0v) is 14.7. The fraction of sp³-hybridized carbons (Fsp3) is 0.316. The molecule has 0 fully saturated rings. The highest BCUT2D eigenvalue weighted by Crippen LogP contribution is 2.23. The van der Waals surface area contributed by atoms with Gasteiger partial charge in [0.2, 0.25) is 5.91 Å². The Hall–Kier alpha value is -2.14. The highest BCUT2D eigenvalue weighted by Gasteiger charge is 2.06. The van der Waals surface area contributed by atoms with Crippen molar-refractivity contribution in [3.63, 3.8) is 0 Å². The molecular weight excluding hydrogens is 322 g/mol. The Bertz CT molecular complexity index is 619. The summed E-state index contributed by atoms with van der Waals surface area (Å²) in [6.45, 7) is 0.706. The lowest BCUT2D eigenvalue weighted by atomic mass is 10.3. The molecule has 1 N–H and O–H groups in total. The van der Waals surface area contributed by atoms with Gasteiger partial charge in [0.1, 0.15) is 11.5 Å². The first-order valence-electron chi connectivity index (χ1n) is 7.98. The van der Waals surface area contributed by atoms with Gasteiger partial charge in [-0.15, -0.1) is 0 Å². The molecule has 0 saturated carbocycles. The second kappa shape index (κ2) is 10.6. The lowest BCUT2D eigenvalue weighted by Gasteiger charge is -2.09. The number of carbonyl (C=O) groups is 1. The Balaban J connectivity index is 1.55. The van der Waals surface area contributed by atoms with Crippen molar-refractivity contribution in [1.29, 1.82) is 0 Å². The SMILES string of the molecule is COc1ccccc1NC(=O)CSCCCCOc1ccccc1. The third-order valence-electron chi connectivity index (χ3n) is 3.31. The van der Waals surface area contributed by atoms with E-state index in [1.165, 1.54) is 0 Å². The first-order chi connectivity index (χ1) is 11.8. The van der Waals surface area contributed by atoms with Crippen LogP contribution in [0.5, 0.6) is 11.5 Å². The van der Waals surface area contributed by atoms with Crippen LogP contribution in [0.15, 0.2) is 54.6 Å². The largest absolute Gasteiger partial charge is 0.495 e. The van der Waals surface area contributed by atoms with Crippen molar-refractivity contribution >= 4 is 23.4 Å². The van der Waals surface area contributed by atoms with Crippen LogP contribution in [0.1, 0.15) is 12.8 Å². The minimum Gasteiger partial charge on any atom is -0.495 e. The molecule has 0 atom stereocenters. The van der Waals surface area contributed by atoms with Gasteiger partial charge in [-0.2, -0.15) is 11.8 Å². The van der Waals surface area contributed by atoms with Gasteiger partial charge in [0.25, 0.3) is 0 Å². The van der Waals surface area contributed by atoms with Gasteiger partial charge in [0.15, 0.2) is 0 Å². The average Bonchev–Trinajstić information content (AvgIpc) is 2.62. The molecule has 128 valence electrons. The zero-order chi connectivity index (χ0) is 17.0. The fourth-order valence-electron chi connectivity index (χ4n) is 2.11. The standard InChI is InChI=1S/C19H23NO3S/c1-22-18-12-6-5-11-17(18)20-19(21)15-24-14-8-7-13-23-16-9-3-2-4-10-16/h2-6,9-12H,7-8,13-15H2,1H3,(H,20,21). The molecule has 4 nitrogen and oxygen atoms in total. The normalized spacial score (nSPS) is 10.2. The molecular formula is C19H23NO3S. The quantitative estimate of drug-likeness (QED) is 0.655. The third-order valence-corrected chi connectivity index (χ3v) is 4.35. The van der Waals surface area contributed by atoms with Crippen LogP contribution in [0.3, 0.4) is 0 Å². The topological polar surface area (TPSA) is 47.6 Å². The van der Waals surface area contributed by atoms with Gasteiger partial charge < -0.3 is 14.8 Å². The minimum absolute atomic E-state index is 0.00923. The summed E-state index contributed by atoms with van der Waals surface area (Å²) in [5.41, 5.74) is 0.710. The van der Waals surface area contributed by atoms with Crippen molar-refractivity contribution in [2.75, 3.05) is 30.5 Å². The molecule has 1 amide bonds. The Morgan fingerprint density at radius 3 is 2.58 bits per heavy atom. The number of thioether (sulfide) groups is 1. The number of benzene rings is 2. The van der Waals surface area contributed by atoms with E-state index in [1.54, 1.807) is 18.9 Å². The summed E-state index contributed by atoms with van der Waals surface area (Å²) < 4.78 is 10.9. The third kappa shape index (κ3) is 6.54. The second-order valence-corrected chi connectivity index (χ2v) is 6.27. The van der Waals surface area contributed by atoms with E-state index in [9.17, 15) is 4.79 Å². The molecule has 0 aliphatic heterocycles. The molecule has 2 aromatic carbocycles. The molecule has 5 heteroatoms. The predicted octanol–water partition coefficient (Wildman–Crippen LogP) is 4.23. The molecule has 2 rings (SSSR count). The van der Waals surface area contributed by atoms with E-state index >= 15 is 0 Å². The summed E-state index contributed by atoms with van der Waals surface area (Å²) >= 11 is 1.63. The lowest BCUT2D eigenvalue weighted by Crippen LogP contribution is -2.15. The van der Waals surface area contributed by atoms with Crippen molar-refractivity contribution in [2.24, 2.45) is 0 Å². The summed E-state index contributed by atoms with van der Waals surface area (Å²) in [7, 11) is 1.59. The van der Waals surface area contributed by atoms with Crippen LogP contribution >= 0.6 is 11.8 Å². The first kappa shape index (κ1) is 18.2. The van der Waals surface area contributed by atoms with Crippen molar-refractivity contribution < 1.29 is 14.3 Å².